The van der Waals surface area contributed by atoms with Gasteiger partial charge in [0.15, 0.2) is 0 Å². The highest BCUT2D eigenvalue weighted by Gasteiger charge is 2.22. The van der Waals surface area contributed by atoms with Gasteiger partial charge in [0.25, 0.3) is 0 Å². The molecular formula is C8H7ClO2. The van der Waals surface area contributed by atoms with Crippen molar-refractivity contribution in [3.05, 3.63) is 22.3 Å². The van der Waals surface area contributed by atoms with Gasteiger partial charge in [-0.3, -0.25) is 9.59 Å². The molecule has 0 N–H and O–H groups in total. The van der Waals surface area contributed by atoms with Crippen LogP contribution in [0.5, 0.6) is 0 Å². The van der Waals surface area contributed by atoms with Gasteiger partial charge in [-0.2, -0.15) is 0 Å². The summed E-state index contributed by atoms with van der Waals surface area (Å²) in [5.74, 6) is -0.981. The van der Waals surface area contributed by atoms with Gasteiger partial charge in [0, 0.05) is 5.57 Å². The zero-order valence-corrected chi connectivity index (χ0v) is 7.03. The van der Waals surface area contributed by atoms with Crippen LogP contribution >= 0.6 is 11.6 Å². The second kappa shape index (κ2) is 2.62. The predicted molar refractivity (Wildman–Crippen MR) is 42.3 cm³/mol. The normalized spacial score (nSPS) is 19.0. The Bertz CT molecular complexity index is 297. The summed E-state index contributed by atoms with van der Waals surface area (Å²) in [6, 6.07) is 0. The van der Waals surface area contributed by atoms with Crippen molar-refractivity contribution in [1.82, 2.24) is 0 Å². The fourth-order valence-corrected chi connectivity index (χ4v) is 1.05. The van der Waals surface area contributed by atoms with E-state index < -0.39 is 11.6 Å². The molecule has 3 heteroatoms. The molecule has 1 aliphatic carbocycles. The topological polar surface area (TPSA) is 34.1 Å². The zero-order chi connectivity index (χ0) is 8.59. The van der Waals surface area contributed by atoms with E-state index in [9.17, 15) is 9.59 Å². The molecule has 0 aromatic rings. The van der Waals surface area contributed by atoms with Gasteiger partial charge in [0.1, 0.15) is 0 Å². The summed E-state index contributed by atoms with van der Waals surface area (Å²) in [6.45, 7) is 3.26. The smallest absolute Gasteiger partial charge is 0.230 e. The van der Waals surface area contributed by atoms with Crippen LogP contribution in [0.1, 0.15) is 13.8 Å². The van der Waals surface area contributed by atoms with Crippen LogP contribution < -0.4 is 0 Å². The summed E-state index contributed by atoms with van der Waals surface area (Å²) in [6.07, 6.45) is 1.26. The monoisotopic (exact) mass is 170 g/mol. The molecule has 0 fully saturated rings. The number of hydrogen-bond acceptors (Lipinski definition) is 2. The maximum Gasteiger partial charge on any atom is 0.230 e. The first-order chi connectivity index (χ1) is 5.04. The first-order valence-corrected chi connectivity index (χ1v) is 3.55. The molecule has 0 bridgehead atoms. The minimum Gasteiger partial charge on any atom is -0.286 e. The number of carbonyl (C=O) groups excluding carboxylic acids is 2. The summed E-state index contributed by atoms with van der Waals surface area (Å²) < 4.78 is 0. The van der Waals surface area contributed by atoms with Crippen LogP contribution in [-0.2, 0) is 9.59 Å². The lowest BCUT2D eigenvalue weighted by Crippen LogP contribution is -2.17. The second-order valence-corrected chi connectivity index (χ2v) is 2.84. The lowest BCUT2D eigenvalue weighted by Gasteiger charge is -2.08. The largest absolute Gasteiger partial charge is 0.286 e. The third-order valence-electron chi connectivity index (χ3n) is 1.59. The molecule has 1 aliphatic rings. The maximum absolute atomic E-state index is 10.9. The van der Waals surface area contributed by atoms with Gasteiger partial charge in [-0.15, -0.1) is 0 Å². The summed E-state index contributed by atoms with van der Waals surface area (Å²) >= 11 is 5.72. The molecule has 0 saturated carbocycles. The van der Waals surface area contributed by atoms with Gasteiger partial charge in [0.05, 0.1) is 5.03 Å². The van der Waals surface area contributed by atoms with Gasteiger partial charge < -0.3 is 0 Å². The van der Waals surface area contributed by atoms with Crippen LogP contribution in [0, 0.1) is 0 Å². The van der Waals surface area contributed by atoms with E-state index in [4.69, 9.17) is 11.6 Å². The van der Waals surface area contributed by atoms with Gasteiger partial charge >= 0.3 is 0 Å². The van der Waals surface area contributed by atoms with Gasteiger partial charge in [-0.05, 0) is 25.5 Å². The molecule has 0 aliphatic heterocycles. The van der Waals surface area contributed by atoms with Crippen molar-refractivity contribution in [3.8, 4) is 0 Å². The highest BCUT2D eigenvalue weighted by Crippen LogP contribution is 2.23. The molecule has 0 amide bonds. The Hall–Kier alpha value is -0.890. The summed E-state index contributed by atoms with van der Waals surface area (Å²) in [4.78, 5) is 21.8. The SMILES string of the molecule is CC1=CC(=O)C(=O)C(C)=C1Cl. The fraction of sp³-hybridized carbons (Fsp3) is 0.250. The molecule has 1 rings (SSSR count). The Morgan fingerprint density at radius 2 is 1.82 bits per heavy atom. The number of halogens is 1. The molecule has 0 radical (unpaired) electrons. The molecule has 11 heavy (non-hydrogen) atoms. The summed E-state index contributed by atoms with van der Waals surface area (Å²) in [5.41, 5.74) is 1.01. The van der Waals surface area contributed by atoms with Crippen molar-refractivity contribution >= 4 is 23.2 Å². The Balaban J connectivity index is 3.22. The van der Waals surface area contributed by atoms with Crippen LogP contribution in [0.2, 0.25) is 0 Å². The number of hydrogen-bond donors (Lipinski definition) is 0. The molecule has 0 saturated heterocycles. The Kier molecular flexibility index (Phi) is 1.96. The minimum atomic E-state index is -0.499. The average Bonchev–Trinajstić information content (AvgIpc) is 1.97. The van der Waals surface area contributed by atoms with Crippen LogP contribution in [0.25, 0.3) is 0 Å². The molecule has 0 unspecified atom stereocenters. The van der Waals surface area contributed by atoms with E-state index in [-0.39, 0.29) is 0 Å². The molecule has 58 valence electrons. The van der Waals surface area contributed by atoms with Crippen molar-refractivity contribution in [3.63, 3.8) is 0 Å². The predicted octanol–water partition coefficient (Wildman–Crippen LogP) is 1.60. The summed E-state index contributed by atoms with van der Waals surface area (Å²) in [7, 11) is 0. The average molecular weight is 171 g/mol. The van der Waals surface area contributed by atoms with E-state index in [1.807, 2.05) is 0 Å². The van der Waals surface area contributed by atoms with E-state index in [1.54, 1.807) is 13.8 Å². The first kappa shape index (κ1) is 8.21. The van der Waals surface area contributed by atoms with Crippen LogP contribution in [0.3, 0.4) is 0 Å². The highest BCUT2D eigenvalue weighted by molar-refractivity contribution is 6.51. The van der Waals surface area contributed by atoms with E-state index in [0.717, 1.165) is 0 Å². The molecule has 0 spiro atoms. The second-order valence-electron chi connectivity index (χ2n) is 2.46. The van der Waals surface area contributed by atoms with Crippen LogP contribution in [-0.4, -0.2) is 11.6 Å². The number of carbonyl (C=O) groups is 2. The van der Waals surface area contributed by atoms with Crippen molar-refractivity contribution < 1.29 is 9.59 Å². The van der Waals surface area contributed by atoms with Gasteiger partial charge in [0.2, 0.25) is 11.6 Å². The molecule has 0 heterocycles. The lowest BCUT2D eigenvalue weighted by molar-refractivity contribution is -0.131. The summed E-state index contributed by atoms with van der Waals surface area (Å²) in [5, 5.41) is 0.398. The Morgan fingerprint density at radius 3 is 2.36 bits per heavy atom. The first-order valence-electron chi connectivity index (χ1n) is 3.17. The maximum atomic E-state index is 10.9. The zero-order valence-electron chi connectivity index (χ0n) is 6.27. The molecule has 0 atom stereocenters. The third kappa shape index (κ3) is 1.26. The van der Waals surface area contributed by atoms with Crippen LogP contribution in [0.4, 0.5) is 0 Å². The lowest BCUT2D eigenvalue weighted by atomic mass is 9.99. The third-order valence-corrected chi connectivity index (χ3v) is 2.17. The molecule has 0 aromatic heterocycles. The van der Waals surface area contributed by atoms with Crippen molar-refractivity contribution in [2.45, 2.75) is 13.8 Å². The van der Waals surface area contributed by atoms with Gasteiger partial charge in [-0.25, -0.2) is 0 Å². The highest BCUT2D eigenvalue weighted by atomic mass is 35.5. The van der Waals surface area contributed by atoms with E-state index in [1.165, 1.54) is 6.08 Å². The Morgan fingerprint density at radius 1 is 1.27 bits per heavy atom. The van der Waals surface area contributed by atoms with E-state index in [2.05, 4.69) is 0 Å². The minimum absolute atomic E-state index is 0.344. The van der Waals surface area contributed by atoms with E-state index >= 15 is 0 Å². The van der Waals surface area contributed by atoms with Crippen molar-refractivity contribution in [2.24, 2.45) is 0 Å². The molecule has 2 nitrogen and oxygen atoms in total. The number of rotatable bonds is 0. The molecule has 0 aromatic carbocycles. The number of Topliss-reactive ketones (excluding diaryl/α,β-unsaturated/α-hetero) is 1. The molecular weight excluding hydrogens is 164 g/mol. The Labute approximate surface area is 69.5 Å². The standard InChI is InChI=1S/C8H7ClO2/c1-4-3-6(10)8(11)5(2)7(4)9/h3H,1-2H3. The number of ketones is 2. The van der Waals surface area contributed by atoms with Crippen LogP contribution in [0.15, 0.2) is 22.3 Å². The van der Waals surface area contributed by atoms with Gasteiger partial charge in [-0.1, -0.05) is 11.6 Å². The van der Waals surface area contributed by atoms with Crippen molar-refractivity contribution in [2.75, 3.05) is 0 Å². The van der Waals surface area contributed by atoms with Crippen molar-refractivity contribution in [1.29, 1.82) is 0 Å². The quantitative estimate of drug-likeness (QED) is 0.409. The fourth-order valence-electron chi connectivity index (χ4n) is 0.906. The number of allylic oxidation sites excluding steroid dienone is 4. The van der Waals surface area contributed by atoms with E-state index in [0.29, 0.717) is 16.2 Å².